The van der Waals surface area contributed by atoms with Gasteiger partial charge in [0.1, 0.15) is 23.1 Å². The average Bonchev–Trinajstić information content (AvgIpc) is 2.79. The standard InChI is InChI=1S/C18H18Cl2N4O2.2C3H8/c1-21-14-6-10-9(8-23-14)5-11(24-18(10)22-2)15-16(19)12(25-3)7-13(26-4)17(15)20;2*1-3-2/h5-8H,1-4H3,(H,21,23)(H,22,24);2*3H2,1-2H3. The van der Waals surface area contributed by atoms with Crippen molar-refractivity contribution in [2.45, 2.75) is 40.5 Å². The Balaban J connectivity index is 0.000000769. The maximum Gasteiger partial charge on any atom is 0.141 e. The van der Waals surface area contributed by atoms with Gasteiger partial charge >= 0.3 is 0 Å². The van der Waals surface area contributed by atoms with E-state index >= 15 is 0 Å². The monoisotopic (exact) mass is 480 g/mol. The van der Waals surface area contributed by atoms with Gasteiger partial charge in [0.15, 0.2) is 0 Å². The van der Waals surface area contributed by atoms with Gasteiger partial charge in [0.25, 0.3) is 0 Å². The normalized spacial score (nSPS) is 9.81. The first-order valence-corrected chi connectivity index (χ1v) is 11.4. The highest BCUT2D eigenvalue weighted by Gasteiger charge is 2.21. The molecule has 0 atom stereocenters. The summed E-state index contributed by atoms with van der Waals surface area (Å²) >= 11 is 13.0. The summed E-state index contributed by atoms with van der Waals surface area (Å²) in [5.74, 6) is 2.35. The van der Waals surface area contributed by atoms with Gasteiger partial charge in [0.05, 0.1) is 30.0 Å². The quantitative estimate of drug-likeness (QED) is 0.392. The fourth-order valence-electron chi connectivity index (χ4n) is 2.71. The minimum absolute atomic E-state index is 0.368. The van der Waals surface area contributed by atoms with Crippen molar-refractivity contribution in [1.82, 2.24) is 9.97 Å². The van der Waals surface area contributed by atoms with Crippen LogP contribution in [-0.4, -0.2) is 38.3 Å². The Morgan fingerprint density at radius 2 is 1.38 bits per heavy atom. The number of hydrogen-bond donors (Lipinski definition) is 2. The lowest BCUT2D eigenvalue weighted by Crippen LogP contribution is -2.00. The van der Waals surface area contributed by atoms with Crippen molar-refractivity contribution in [3.63, 3.8) is 0 Å². The van der Waals surface area contributed by atoms with Crippen molar-refractivity contribution in [3.05, 3.63) is 34.4 Å². The molecule has 6 nitrogen and oxygen atoms in total. The van der Waals surface area contributed by atoms with Crippen LogP contribution in [0.4, 0.5) is 11.6 Å². The third kappa shape index (κ3) is 6.53. The molecule has 32 heavy (non-hydrogen) atoms. The van der Waals surface area contributed by atoms with Gasteiger partial charge in [-0.1, -0.05) is 63.7 Å². The molecule has 3 rings (SSSR count). The number of nitrogens with one attached hydrogen (secondary N) is 2. The van der Waals surface area contributed by atoms with Gasteiger partial charge in [-0.05, 0) is 12.1 Å². The first-order chi connectivity index (χ1) is 15.4. The van der Waals surface area contributed by atoms with E-state index in [9.17, 15) is 0 Å². The zero-order chi connectivity index (χ0) is 24.3. The topological polar surface area (TPSA) is 68.3 Å². The molecule has 0 bridgehead atoms. The largest absolute Gasteiger partial charge is 0.495 e. The highest BCUT2D eigenvalue weighted by Crippen LogP contribution is 2.46. The number of fused-ring (bicyclic) bond motifs is 1. The molecule has 0 amide bonds. The third-order valence-electron chi connectivity index (χ3n) is 4.04. The zero-order valence-electron chi connectivity index (χ0n) is 20.2. The van der Waals surface area contributed by atoms with Gasteiger partial charge in [-0.2, -0.15) is 0 Å². The molecule has 0 aliphatic rings. The molecule has 3 aromatic rings. The van der Waals surface area contributed by atoms with Gasteiger partial charge in [0, 0.05) is 42.7 Å². The van der Waals surface area contributed by atoms with Gasteiger partial charge in [-0.3, -0.25) is 0 Å². The average molecular weight is 481 g/mol. The molecule has 0 saturated heterocycles. The Morgan fingerprint density at radius 3 is 1.81 bits per heavy atom. The van der Waals surface area contributed by atoms with Crippen molar-refractivity contribution in [2.24, 2.45) is 0 Å². The lowest BCUT2D eigenvalue weighted by molar-refractivity contribution is 0.395. The molecule has 0 unspecified atom stereocenters. The Hall–Kier alpha value is -2.44. The fourth-order valence-corrected chi connectivity index (χ4v) is 3.41. The molecule has 176 valence electrons. The fraction of sp³-hybridized carbons (Fsp3) is 0.417. The number of pyridine rings is 2. The van der Waals surface area contributed by atoms with Crippen LogP contribution in [0.15, 0.2) is 24.4 Å². The molecule has 0 fully saturated rings. The van der Waals surface area contributed by atoms with Gasteiger partial charge in [0.2, 0.25) is 0 Å². The lowest BCUT2D eigenvalue weighted by Gasteiger charge is -2.16. The predicted octanol–water partition coefficient (Wildman–Crippen LogP) is 7.54. The molecule has 0 aliphatic carbocycles. The molecular weight excluding hydrogens is 447 g/mol. The highest BCUT2D eigenvalue weighted by molar-refractivity contribution is 6.41. The summed E-state index contributed by atoms with van der Waals surface area (Å²) in [7, 11) is 6.69. The second kappa shape index (κ2) is 13.9. The van der Waals surface area contributed by atoms with Crippen molar-refractivity contribution in [2.75, 3.05) is 38.9 Å². The van der Waals surface area contributed by atoms with Crippen molar-refractivity contribution >= 4 is 45.6 Å². The van der Waals surface area contributed by atoms with E-state index in [-0.39, 0.29) is 0 Å². The molecule has 0 radical (unpaired) electrons. The molecule has 8 heteroatoms. The first kappa shape index (κ1) is 27.6. The highest BCUT2D eigenvalue weighted by atomic mass is 35.5. The Labute approximate surface area is 201 Å². The molecule has 1 aromatic carbocycles. The Kier molecular flexibility index (Phi) is 12.0. The second-order valence-corrected chi connectivity index (χ2v) is 7.60. The lowest BCUT2D eigenvalue weighted by atomic mass is 10.1. The maximum atomic E-state index is 6.52. The van der Waals surface area contributed by atoms with Gasteiger partial charge in [-0.25, -0.2) is 9.97 Å². The van der Waals surface area contributed by atoms with Gasteiger partial charge < -0.3 is 20.1 Å². The van der Waals surface area contributed by atoms with Crippen LogP contribution in [0.1, 0.15) is 40.5 Å². The van der Waals surface area contributed by atoms with Crippen LogP contribution in [0, 0.1) is 0 Å². The first-order valence-electron chi connectivity index (χ1n) is 10.6. The van der Waals surface area contributed by atoms with E-state index in [1.807, 2.05) is 19.2 Å². The number of benzene rings is 1. The second-order valence-electron chi connectivity index (χ2n) is 6.85. The minimum atomic E-state index is 0.368. The smallest absolute Gasteiger partial charge is 0.141 e. The van der Waals surface area contributed by atoms with Crippen LogP contribution in [0.2, 0.25) is 10.0 Å². The van der Waals surface area contributed by atoms with Crippen LogP contribution in [0.3, 0.4) is 0 Å². The minimum Gasteiger partial charge on any atom is -0.495 e. The summed E-state index contributed by atoms with van der Waals surface area (Å²) in [5, 5.41) is 8.69. The number of ether oxygens (including phenoxy) is 2. The molecule has 2 heterocycles. The van der Waals surface area contributed by atoms with Crippen LogP contribution < -0.4 is 20.1 Å². The summed E-state index contributed by atoms with van der Waals surface area (Å²) in [6.45, 7) is 8.50. The number of methoxy groups -OCH3 is 2. The van der Waals surface area contributed by atoms with Gasteiger partial charge in [-0.15, -0.1) is 0 Å². The number of halogens is 2. The van der Waals surface area contributed by atoms with Crippen LogP contribution >= 0.6 is 23.2 Å². The SMILES string of the molecule is CCC.CCC.CNc1cc2c(NC)nc(-c3c(Cl)c(OC)cc(OC)c3Cl)cc2cn1. The van der Waals surface area contributed by atoms with E-state index in [2.05, 4.69) is 43.3 Å². The third-order valence-corrected chi connectivity index (χ3v) is 4.79. The van der Waals surface area contributed by atoms with Crippen molar-refractivity contribution in [3.8, 4) is 22.8 Å². The van der Waals surface area contributed by atoms with Crippen LogP contribution in [0.5, 0.6) is 11.5 Å². The van der Waals surface area contributed by atoms with Crippen LogP contribution in [0.25, 0.3) is 22.0 Å². The summed E-state index contributed by atoms with van der Waals surface area (Å²) < 4.78 is 10.7. The Bertz CT molecular complexity index is 983. The molecule has 0 aliphatic heterocycles. The summed E-state index contributed by atoms with van der Waals surface area (Å²) in [6, 6.07) is 5.46. The zero-order valence-corrected chi connectivity index (χ0v) is 21.7. The predicted molar refractivity (Wildman–Crippen MR) is 139 cm³/mol. The number of hydrogen-bond acceptors (Lipinski definition) is 6. The van der Waals surface area contributed by atoms with E-state index in [1.165, 1.54) is 27.1 Å². The maximum absolute atomic E-state index is 6.52. The van der Waals surface area contributed by atoms with Crippen LogP contribution in [-0.2, 0) is 0 Å². The molecule has 2 N–H and O–H groups in total. The number of aromatic nitrogens is 2. The van der Waals surface area contributed by atoms with E-state index in [1.54, 1.807) is 19.3 Å². The molecule has 0 saturated carbocycles. The Morgan fingerprint density at radius 1 is 0.844 bits per heavy atom. The number of anilines is 2. The van der Waals surface area contributed by atoms with E-state index in [0.717, 1.165) is 16.6 Å². The van der Waals surface area contributed by atoms with Crippen molar-refractivity contribution in [1.29, 1.82) is 0 Å². The molecular formula is C24H34Cl2N4O2. The molecule has 2 aromatic heterocycles. The molecule has 0 spiro atoms. The van der Waals surface area contributed by atoms with Crippen molar-refractivity contribution < 1.29 is 9.47 Å². The van der Waals surface area contributed by atoms with E-state index in [0.29, 0.717) is 38.6 Å². The number of rotatable bonds is 5. The summed E-state index contributed by atoms with van der Waals surface area (Å²) in [4.78, 5) is 9.06. The number of nitrogens with zero attached hydrogens (tertiary/aromatic N) is 2. The van der Waals surface area contributed by atoms with E-state index in [4.69, 9.17) is 37.7 Å². The van der Waals surface area contributed by atoms with E-state index < -0.39 is 0 Å². The summed E-state index contributed by atoms with van der Waals surface area (Å²) in [6.07, 6.45) is 4.27. The summed E-state index contributed by atoms with van der Waals surface area (Å²) in [5.41, 5.74) is 1.13.